The summed E-state index contributed by atoms with van der Waals surface area (Å²) in [6.45, 7) is 2.16. The largest absolute Gasteiger partial charge is 0.302 e. The first-order valence-corrected chi connectivity index (χ1v) is 12.3. The molecule has 2 saturated carbocycles. The molecule has 2 aliphatic carbocycles. The molecular formula is C25H31Br2N. The van der Waals surface area contributed by atoms with Crippen LogP contribution in [0.1, 0.15) is 67.2 Å². The van der Waals surface area contributed by atoms with Gasteiger partial charge in [0.25, 0.3) is 0 Å². The van der Waals surface area contributed by atoms with E-state index in [2.05, 4.69) is 92.3 Å². The van der Waals surface area contributed by atoms with Crippen LogP contribution in [-0.2, 0) is 21.6 Å². The molecule has 0 amide bonds. The second-order valence-corrected chi connectivity index (χ2v) is 11.8. The van der Waals surface area contributed by atoms with Gasteiger partial charge in [-0.3, -0.25) is 0 Å². The molecule has 0 unspecified atom stereocenters. The average molecular weight is 505 g/mol. The zero-order valence-electron chi connectivity index (χ0n) is 16.9. The molecular weight excluding hydrogens is 474 g/mol. The van der Waals surface area contributed by atoms with E-state index in [4.69, 9.17) is 0 Å². The summed E-state index contributed by atoms with van der Waals surface area (Å²) in [7, 11) is 2.25. The van der Waals surface area contributed by atoms with E-state index in [1.807, 2.05) is 0 Å². The minimum Gasteiger partial charge on any atom is -0.302 e. The highest BCUT2D eigenvalue weighted by molar-refractivity contribution is 9.10. The predicted octanol–water partition coefficient (Wildman–Crippen LogP) is 7.30. The fourth-order valence-electron chi connectivity index (χ4n) is 4.71. The molecule has 0 N–H and O–H groups in total. The van der Waals surface area contributed by atoms with Crippen molar-refractivity contribution in [2.24, 2.45) is 0 Å². The fourth-order valence-corrected chi connectivity index (χ4v) is 6.57. The number of rotatable bonds is 8. The molecule has 0 aliphatic heterocycles. The van der Waals surface area contributed by atoms with Crippen LogP contribution in [-0.4, -0.2) is 18.5 Å². The smallest absolute Gasteiger partial charge is 0.0508 e. The molecule has 1 nitrogen and oxygen atoms in total. The van der Waals surface area contributed by atoms with Crippen LogP contribution >= 0.6 is 31.9 Å². The van der Waals surface area contributed by atoms with E-state index >= 15 is 0 Å². The van der Waals surface area contributed by atoms with Crippen LogP contribution < -0.4 is 0 Å². The number of hydrogen-bond donors (Lipinski definition) is 0. The van der Waals surface area contributed by atoms with Gasteiger partial charge in [-0.25, -0.2) is 0 Å². The summed E-state index contributed by atoms with van der Waals surface area (Å²) in [5, 5.41) is 0. The lowest BCUT2D eigenvalue weighted by Gasteiger charge is -2.43. The van der Waals surface area contributed by atoms with Crippen LogP contribution in [0.5, 0.6) is 0 Å². The SMILES string of the molecule is CN(CCCc1c(C2(Br)CCC2)cccc1C1(Br)CCC1)Cc1ccccc1. The van der Waals surface area contributed by atoms with Gasteiger partial charge in [0.15, 0.2) is 0 Å². The highest BCUT2D eigenvalue weighted by Crippen LogP contribution is 2.55. The monoisotopic (exact) mass is 503 g/mol. The van der Waals surface area contributed by atoms with Gasteiger partial charge in [-0.1, -0.05) is 80.4 Å². The molecule has 3 heteroatoms. The summed E-state index contributed by atoms with van der Waals surface area (Å²) in [5.74, 6) is 0. The van der Waals surface area contributed by atoms with Crippen LogP contribution in [0.15, 0.2) is 48.5 Å². The molecule has 2 aromatic carbocycles. The number of nitrogens with zero attached hydrogens (tertiary/aromatic N) is 1. The van der Waals surface area contributed by atoms with E-state index in [9.17, 15) is 0 Å². The Balaban J connectivity index is 1.48. The van der Waals surface area contributed by atoms with E-state index in [-0.39, 0.29) is 8.65 Å². The maximum Gasteiger partial charge on any atom is 0.0508 e. The summed E-state index contributed by atoms with van der Waals surface area (Å²) in [4.78, 5) is 2.46. The predicted molar refractivity (Wildman–Crippen MR) is 126 cm³/mol. The van der Waals surface area contributed by atoms with Crippen molar-refractivity contribution in [3.63, 3.8) is 0 Å². The molecule has 0 spiro atoms. The first-order chi connectivity index (χ1) is 13.5. The van der Waals surface area contributed by atoms with E-state index in [1.165, 1.54) is 56.9 Å². The summed E-state index contributed by atoms with van der Waals surface area (Å²) >= 11 is 8.21. The van der Waals surface area contributed by atoms with E-state index in [0.29, 0.717) is 0 Å². The molecule has 0 atom stereocenters. The quantitative estimate of drug-likeness (QED) is 0.341. The molecule has 28 heavy (non-hydrogen) atoms. The maximum absolute atomic E-state index is 4.11. The highest BCUT2D eigenvalue weighted by Gasteiger charge is 2.42. The van der Waals surface area contributed by atoms with Crippen LogP contribution in [0, 0.1) is 0 Å². The molecule has 0 saturated heterocycles. The lowest BCUT2D eigenvalue weighted by atomic mass is 9.72. The molecule has 0 heterocycles. The van der Waals surface area contributed by atoms with Gasteiger partial charge in [-0.2, -0.15) is 0 Å². The second-order valence-electron chi connectivity index (χ2n) is 8.80. The molecule has 0 radical (unpaired) electrons. The molecule has 4 rings (SSSR count). The lowest BCUT2D eigenvalue weighted by Crippen LogP contribution is -2.33. The average Bonchev–Trinajstić information content (AvgIpc) is 2.65. The Morgan fingerprint density at radius 3 is 1.89 bits per heavy atom. The first kappa shape index (κ1) is 20.6. The minimum atomic E-state index is 0.224. The third kappa shape index (κ3) is 4.27. The third-order valence-electron chi connectivity index (χ3n) is 6.70. The summed E-state index contributed by atoms with van der Waals surface area (Å²) in [5.41, 5.74) is 6.14. The van der Waals surface area contributed by atoms with Gasteiger partial charge in [0.05, 0.1) is 8.65 Å². The Morgan fingerprint density at radius 2 is 1.39 bits per heavy atom. The molecule has 2 fully saturated rings. The number of halogens is 2. The van der Waals surface area contributed by atoms with Gasteiger partial charge in [-0.15, -0.1) is 0 Å². The van der Waals surface area contributed by atoms with Crippen molar-refractivity contribution in [3.05, 3.63) is 70.8 Å². The first-order valence-electron chi connectivity index (χ1n) is 10.7. The van der Waals surface area contributed by atoms with Gasteiger partial charge >= 0.3 is 0 Å². The Morgan fingerprint density at radius 1 is 0.821 bits per heavy atom. The van der Waals surface area contributed by atoms with Crippen LogP contribution in [0.2, 0.25) is 0 Å². The number of alkyl halides is 2. The zero-order valence-corrected chi connectivity index (χ0v) is 20.1. The lowest BCUT2D eigenvalue weighted by molar-refractivity contribution is 0.320. The van der Waals surface area contributed by atoms with Crippen molar-refractivity contribution in [1.29, 1.82) is 0 Å². The Bertz CT molecular complexity index is 755. The highest BCUT2D eigenvalue weighted by atomic mass is 79.9. The Kier molecular flexibility index (Phi) is 6.35. The van der Waals surface area contributed by atoms with Crippen molar-refractivity contribution in [2.75, 3.05) is 13.6 Å². The van der Waals surface area contributed by atoms with Crippen LogP contribution in [0.4, 0.5) is 0 Å². The summed E-state index contributed by atoms with van der Waals surface area (Å²) in [6, 6.07) is 17.9. The minimum absolute atomic E-state index is 0.224. The van der Waals surface area contributed by atoms with E-state index in [1.54, 1.807) is 16.7 Å². The van der Waals surface area contributed by atoms with Gasteiger partial charge in [0.1, 0.15) is 0 Å². The summed E-state index contributed by atoms with van der Waals surface area (Å²) < 4.78 is 0.447. The molecule has 0 bridgehead atoms. The molecule has 0 aromatic heterocycles. The maximum atomic E-state index is 4.11. The van der Waals surface area contributed by atoms with Crippen molar-refractivity contribution in [2.45, 2.75) is 66.6 Å². The Labute approximate surface area is 187 Å². The number of benzene rings is 2. The van der Waals surface area contributed by atoms with Crippen LogP contribution in [0.3, 0.4) is 0 Å². The van der Waals surface area contributed by atoms with Crippen molar-refractivity contribution >= 4 is 31.9 Å². The van der Waals surface area contributed by atoms with Crippen molar-refractivity contribution in [3.8, 4) is 0 Å². The fraction of sp³-hybridized carbons (Fsp3) is 0.520. The molecule has 2 aromatic rings. The zero-order chi connectivity index (χ0) is 19.6. The topological polar surface area (TPSA) is 3.24 Å². The van der Waals surface area contributed by atoms with E-state index < -0.39 is 0 Å². The van der Waals surface area contributed by atoms with Gasteiger partial charge in [-0.05, 0) is 87.2 Å². The Hall–Kier alpha value is -0.640. The number of hydrogen-bond acceptors (Lipinski definition) is 1. The summed E-state index contributed by atoms with van der Waals surface area (Å²) in [6.07, 6.45) is 10.1. The molecule has 150 valence electrons. The van der Waals surface area contributed by atoms with Crippen molar-refractivity contribution in [1.82, 2.24) is 4.90 Å². The third-order valence-corrected chi connectivity index (χ3v) is 9.14. The van der Waals surface area contributed by atoms with Gasteiger partial charge in [0, 0.05) is 6.54 Å². The standard InChI is InChI=1S/C25H31Br2N/c1-28(19-20-9-3-2-4-10-20)18-6-11-21-22(24(26)14-7-15-24)12-5-13-23(21)25(27)16-8-17-25/h2-5,9-10,12-13H,6-8,11,14-19H2,1H3. The second kappa shape index (κ2) is 8.62. The van der Waals surface area contributed by atoms with E-state index in [0.717, 1.165) is 13.1 Å². The van der Waals surface area contributed by atoms with Gasteiger partial charge < -0.3 is 4.90 Å². The van der Waals surface area contributed by atoms with Gasteiger partial charge in [0.2, 0.25) is 0 Å². The van der Waals surface area contributed by atoms with Crippen molar-refractivity contribution < 1.29 is 0 Å². The molecule has 2 aliphatic rings. The van der Waals surface area contributed by atoms with Crippen LogP contribution in [0.25, 0.3) is 0 Å². The normalized spacial score (nSPS) is 19.9.